The fourth-order valence-corrected chi connectivity index (χ4v) is 1.69. The molecule has 50 valence electrons. The van der Waals surface area contributed by atoms with Gasteiger partial charge < -0.3 is 0 Å². The lowest BCUT2D eigenvalue weighted by Crippen LogP contribution is -1.62. The highest BCUT2D eigenvalue weighted by molar-refractivity contribution is 7.11. The number of nitrogens with zero attached hydrogens (tertiary/aromatic N) is 1. The van der Waals surface area contributed by atoms with Crippen molar-refractivity contribution in [3.63, 3.8) is 0 Å². The molecule has 0 saturated carbocycles. The molecule has 1 aliphatic rings. The summed E-state index contributed by atoms with van der Waals surface area (Å²) in [5.41, 5.74) is 1.11. The van der Waals surface area contributed by atoms with Crippen LogP contribution in [0.25, 0.3) is 6.08 Å². The summed E-state index contributed by atoms with van der Waals surface area (Å²) in [6.07, 6.45) is 7.16. The maximum Gasteiger partial charge on any atom is 0.0805 e. The molecule has 10 heavy (non-hydrogen) atoms. The van der Waals surface area contributed by atoms with Crippen molar-refractivity contribution in [2.45, 2.75) is 6.42 Å². The second-order valence-electron chi connectivity index (χ2n) is 2.12. The number of rotatable bonds is 0. The first kappa shape index (κ1) is 5.86. The van der Waals surface area contributed by atoms with Crippen LogP contribution in [0.1, 0.15) is 11.3 Å². The summed E-state index contributed by atoms with van der Waals surface area (Å²) >= 11 is 1.74. The third-order valence-corrected chi connectivity index (χ3v) is 2.29. The molecule has 0 spiro atoms. The summed E-state index contributed by atoms with van der Waals surface area (Å²) in [6, 6.07) is 2.05. The highest BCUT2D eigenvalue weighted by Gasteiger charge is 1.98. The lowest BCUT2D eigenvalue weighted by atomic mass is 10.3. The Morgan fingerprint density at radius 1 is 1.50 bits per heavy atom. The standard InChI is InChI=1S/C8H7NS/c1-2-5-9-7-4-6-10-8(7)3-1/h1,3-6H,2H2. The Morgan fingerprint density at radius 3 is 3.50 bits per heavy atom. The molecule has 0 unspecified atom stereocenters. The molecule has 0 radical (unpaired) electrons. The van der Waals surface area contributed by atoms with Crippen molar-refractivity contribution < 1.29 is 0 Å². The summed E-state index contributed by atoms with van der Waals surface area (Å²) < 4.78 is 0. The summed E-state index contributed by atoms with van der Waals surface area (Å²) in [4.78, 5) is 5.54. The zero-order valence-corrected chi connectivity index (χ0v) is 6.27. The van der Waals surface area contributed by atoms with E-state index in [4.69, 9.17) is 0 Å². The minimum atomic E-state index is 0.960. The van der Waals surface area contributed by atoms with Crippen molar-refractivity contribution in [1.82, 2.24) is 0 Å². The van der Waals surface area contributed by atoms with Crippen LogP contribution in [-0.4, -0.2) is 6.21 Å². The van der Waals surface area contributed by atoms with Gasteiger partial charge in [0.05, 0.1) is 10.6 Å². The Morgan fingerprint density at radius 2 is 2.50 bits per heavy atom. The Kier molecular flexibility index (Phi) is 1.40. The maximum atomic E-state index is 4.27. The van der Waals surface area contributed by atoms with Crippen LogP contribution in [0.4, 0.5) is 5.69 Å². The van der Waals surface area contributed by atoms with E-state index in [0.717, 1.165) is 12.1 Å². The molecule has 0 atom stereocenters. The van der Waals surface area contributed by atoms with E-state index in [1.165, 1.54) is 4.88 Å². The smallest absolute Gasteiger partial charge is 0.0805 e. The van der Waals surface area contributed by atoms with E-state index in [9.17, 15) is 0 Å². The van der Waals surface area contributed by atoms with Crippen molar-refractivity contribution in [1.29, 1.82) is 0 Å². The molecule has 2 rings (SSSR count). The molecule has 1 aromatic rings. The fraction of sp³-hybridized carbons (Fsp3) is 0.125. The van der Waals surface area contributed by atoms with Gasteiger partial charge in [-0.1, -0.05) is 6.08 Å². The second kappa shape index (κ2) is 2.39. The SMILES string of the molecule is C1=Cc2sccc2N=CC1. The Hall–Kier alpha value is -0.890. The van der Waals surface area contributed by atoms with Crippen molar-refractivity contribution in [3.8, 4) is 0 Å². The first-order chi connectivity index (χ1) is 4.97. The van der Waals surface area contributed by atoms with Crippen molar-refractivity contribution in [3.05, 3.63) is 22.4 Å². The van der Waals surface area contributed by atoms with Gasteiger partial charge in [-0.2, -0.15) is 0 Å². The van der Waals surface area contributed by atoms with Crippen LogP contribution >= 0.6 is 11.3 Å². The number of aliphatic imine (C=N–C) groups is 1. The van der Waals surface area contributed by atoms with Gasteiger partial charge in [-0.15, -0.1) is 11.3 Å². The first-order valence-corrected chi connectivity index (χ1v) is 4.11. The zero-order valence-electron chi connectivity index (χ0n) is 5.45. The van der Waals surface area contributed by atoms with Crippen LogP contribution in [0.3, 0.4) is 0 Å². The van der Waals surface area contributed by atoms with Gasteiger partial charge in [-0.3, -0.25) is 4.99 Å². The van der Waals surface area contributed by atoms with Gasteiger partial charge in [0.2, 0.25) is 0 Å². The first-order valence-electron chi connectivity index (χ1n) is 3.23. The highest BCUT2D eigenvalue weighted by Crippen LogP contribution is 2.27. The largest absolute Gasteiger partial charge is 0.259 e. The molecular formula is C8H7NS. The minimum Gasteiger partial charge on any atom is -0.259 e. The molecule has 1 aliphatic heterocycles. The molecule has 0 aromatic carbocycles. The lowest BCUT2D eigenvalue weighted by molar-refractivity contribution is 1.51. The van der Waals surface area contributed by atoms with E-state index in [1.54, 1.807) is 11.3 Å². The molecule has 0 bridgehead atoms. The van der Waals surface area contributed by atoms with Gasteiger partial charge >= 0.3 is 0 Å². The molecule has 0 N–H and O–H groups in total. The minimum absolute atomic E-state index is 0.960. The Bertz CT molecular complexity index is 257. The predicted molar refractivity (Wildman–Crippen MR) is 46.1 cm³/mol. The zero-order chi connectivity index (χ0) is 6.81. The molecule has 0 amide bonds. The van der Waals surface area contributed by atoms with E-state index in [1.807, 2.05) is 12.3 Å². The van der Waals surface area contributed by atoms with Gasteiger partial charge in [0, 0.05) is 12.6 Å². The maximum absolute atomic E-state index is 4.27. The normalized spacial score (nSPS) is 14.8. The number of allylic oxidation sites excluding steroid dienone is 1. The van der Waals surface area contributed by atoms with E-state index < -0.39 is 0 Å². The van der Waals surface area contributed by atoms with Crippen LogP contribution in [0.15, 0.2) is 22.5 Å². The number of fused-ring (bicyclic) bond motifs is 1. The lowest BCUT2D eigenvalue weighted by Gasteiger charge is -1.84. The van der Waals surface area contributed by atoms with Crippen molar-refractivity contribution >= 4 is 29.3 Å². The molecule has 1 nitrogen and oxygen atoms in total. The van der Waals surface area contributed by atoms with Gasteiger partial charge in [-0.25, -0.2) is 0 Å². The van der Waals surface area contributed by atoms with Crippen LogP contribution in [-0.2, 0) is 0 Å². The summed E-state index contributed by atoms with van der Waals surface area (Å²) in [5, 5.41) is 2.07. The van der Waals surface area contributed by atoms with Gasteiger partial charge in [-0.05, 0) is 17.5 Å². The third kappa shape index (κ3) is 0.907. The van der Waals surface area contributed by atoms with E-state index in [-0.39, 0.29) is 0 Å². The van der Waals surface area contributed by atoms with Crippen molar-refractivity contribution in [2.24, 2.45) is 4.99 Å². The number of hydrogen-bond acceptors (Lipinski definition) is 2. The number of hydrogen-bond donors (Lipinski definition) is 0. The van der Waals surface area contributed by atoms with E-state index in [2.05, 4.69) is 22.5 Å². The van der Waals surface area contributed by atoms with Crippen LogP contribution in [0, 0.1) is 0 Å². The molecule has 0 aliphatic carbocycles. The van der Waals surface area contributed by atoms with Crippen LogP contribution in [0.2, 0.25) is 0 Å². The van der Waals surface area contributed by atoms with E-state index >= 15 is 0 Å². The average molecular weight is 149 g/mol. The molecule has 2 heterocycles. The van der Waals surface area contributed by atoms with Crippen LogP contribution < -0.4 is 0 Å². The van der Waals surface area contributed by atoms with Gasteiger partial charge in [0.1, 0.15) is 0 Å². The summed E-state index contributed by atoms with van der Waals surface area (Å²) in [7, 11) is 0. The predicted octanol–water partition coefficient (Wildman–Crippen LogP) is 2.87. The average Bonchev–Trinajstić information content (AvgIpc) is 2.28. The quantitative estimate of drug-likeness (QED) is 0.538. The molecule has 2 heteroatoms. The molecule has 1 aromatic heterocycles. The molecular weight excluding hydrogens is 142 g/mol. The Labute approximate surface area is 63.7 Å². The fourth-order valence-electron chi connectivity index (χ4n) is 0.933. The second-order valence-corrected chi connectivity index (χ2v) is 3.07. The number of thiophene rings is 1. The third-order valence-electron chi connectivity index (χ3n) is 1.41. The topological polar surface area (TPSA) is 12.4 Å². The van der Waals surface area contributed by atoms with Gasteiger partial charge in [0.25, 0.3) is 0 Å². The molecule has 0 saturated heterocycles. The van der Waals surface area contributed by atoms with E-state index in [0.29, 0.717) is 0 Å². The molecule has 0 fully saturated rings. The summed E-state index contributed by atoms with van der Waals surface area (Å²) in [6.45, 7) is 0. The highest BCUT2D eigenvalue weighted by atomic mass is 32.1. The van der Waals surface area contributed by atoms with Crippen LogP contribution in [0.5, 0.6) is 0 Å². The summed E-state index contributed by atoms with van der Waals surface area (Å²) in [5.74, 6) is 0. The monoisotopic (exact) mass is 149 g/mol. The van der Waals surface area contributed by atoms with Gasteiger partial charge in [0.15, 0.2) is 0 Å². The Balaban J connectivity index is 2.56. The van der Waals surface area contributed by atoms with Crippen molar-refractivity contribution in [2.75, 3.05) is 0 Å².